The highest BCUT2D eigenvalue weighted by molar-refractivity contribution is 5.93. The number of hydrazone groups is 1. The predicted octanol–water partition coefficient (Wildman–Crippen LogP) is 1.54. The molecule has 104 valence electrons. The fourth-order valence-corrected chi connectivity index (χ4v) is 2.61. The molecule has 1 heterocycles. The molecule has 2 atom stereocenters. The van der Waals surface area contributed by atoms with Gasteiger partial charge in [0.15, 0.2) is 0 Å². The fourth-order valence-electron chi connectivity index (χ4n) is 2.61. The highest BCUT2D eigenvalue weighted by Gasteiger charge is 2.68. The van der Waals surface area contributed by atoms with Crippen molar-refractivity contribution in [2.75, 3.05) is 0 Å². The highest BCUT2D eigenvalue weighted by Crippen LogP contribution is 2.48. The lowest BCUT2D eigenvalue weighted by Gasteiger charge is -2.37. The second-order valence-electron chi connectivity index (χ2n) is 4.65. The van der Waals surface area contributed by atoms with Crippen molar-refractivity contribution >= 4 is 11.6 Å². The smallest absolute Gasteiger partial charge is 0.362 e. The van der Waals surface area contributed by atoms with Crippen LogP contribution >= 0.6 is 0 Å². The summed E-state index contributed by atoms with van der Waals surface area (Å²) in [4.78, 5) is 11.6. The van der Waals surface area contributed by atoms with E-state index in [-0.39, 0.29) is 17.1 Å². The first kappa shape index (κ1) is 13.8. The third kappa shape index (κ3) is 1.98. The highest BCUT2D eigenvalue weighted by atomic mass is 19.4. The Balaban J connectivity index is 2.42. The first-order valence-electron chi connectivity index (χ1n) is 5.89. The first-order valence-corrected chi connectivity index (χ1v) is 5.89. The molecule has 2 aliphatic rings. The number of nitrogens with zero attached hydrogens (tertiary/aromatic N) is 3. The molecular weight excluding hydrogens is 263 g/mol. The maximum absolute atomic E-state index is 13.2. The van der Waals surface area contributed by atoms with Crippen molar-refractivity contribution in [3.63, 3.8) is 0 Å². The number of carbonyl (C=O) groups excluding carboxylic acids is 1. The van der Waals surface area contributed by atoms with Gasteiger partial charge in [-0.3, -0.25) is 4.79 Å². The minimum atomic E-state index is -5.01. The van der Waals surface area contributed by atoms with E-state index in [4.69, 9.17) is 5.26 Å². The molecule has 0 aromatic heterocycles. The topological polar surface area (TPSA) is 76.7 Å². The van der Waals surface area contributed by atoms with E-state index in [0.717, 1.165) is 0 Å². The number of halogens is 3. The Morgan fingerprint density at radius 3 is 2.84 bits per heavy atom. The Hall–Kier alpha value is -1.62. The molecule has 0 spiro atoms. The minimum absolute atomic E-state index is 0.0571. The van der Waals surface area contributed by atoms with Gasteiger partial charge in [-0.15, -0.1) is 0 Å². The normalized spacial score (nSPS) is 30.6. The minimum Gasteiger partial charge on any atom is -0.362 e. The number of fused-ring (bicyclic) bond motifs is 1. The van der Waals surface area contributed by atoms with E-state index >= 15 is 0 Å². The van der Waals surface area contributed by atoms with Gasteiger partial charge in [-0.05, 0) is 19.3 Å². The summed E-state index contributed by atoms with van der Waals surface area (Å²) in [7, 11) is 0. The molecule has 0 aromatic rings. The molecule has 5 nitrogen and oxygen atoms in total. The zero-order chi connectivity index (χ0) is 14.3. The zero-order valence-electron chi connectivity index (χ0n) is 9.94. The first-order chi connectivity index (χ1) is 8.82. The van der Waals surface area contributed by atoms with Crippen molar-refractivity contribution in [3.8, 4) is 6.07 Å². The van der Waals surface area contributed by atoms with Crippen LogP contribution in [0.4, 0.5) is 13.2 Å². The van der Waals surface area contributed by atoms with Crippen LogP contribution in [0.5, 0.6) is 0 Å². The van der Waals surface area contributed by atoms with Crippen LogP contribution in [-0.4, -0.2) is 33.6 Å². The predicted molar refractivity (Wildman–Crippen MR) is 57.5 cm³/mol. The van der Waals surface area contributed by atoms with Crippen LogP contribution in [0.3, 0.4) is 0 Å². The van der Waals surface area contributed by atoms with Gasteiger partial charge in [-0.25, -0.2) is 0 Å². The average Bonchev–Trinajstić information content (AvgIpc) is 2.65. The number of alkyl halides is 3. The largest absolute Gasteiger partial charge is 0.439 e. The molecule has 1 fully saturated rings. The van der Waals surface area contributed by atoms with E-state index in [1.807, 2.05) is 0 Å². The van der Waals surface area contributed by atoms with Crippen LogP contribution in [0.2, 0.25) is 0 Å². The summed E-state index contributed by atoms with van der Waals surface area (Å²) in [6.45, 7) is 0. The number of carbonyl (C=O) groups is 1. The van der Waals surface area contributed by atoms with Crippen molar-refractivity contribution in [2.24, 2.45) is 11.0 Å². The molecule has 0 saturated heterocycles. The van der Waals surface area contributed by atoms with Gasteiger partial charge in [0.05, 0.1) is 12.0 Å². The van der Waals surface area contributed by atoms with Gasteiger partial charge in [0.1, 0.15) is 6.42 Å². The third-order valence-corrected chi connectivity index (χ3v) is 3.50. The quantitative estimate of drug-likeness (QED) is 0.788. The Morgan fingerprint density at radius 2 is 2.26 bits per heavy atom. The summed E-state index contributed by atoms with van der Waals surface area (Å²) in [5.74, 6) is -2.35. The van der Waals surface area contributed by atoms with Crippen molar-refractivity contribution in [2.45, 2.75) is 44.0 Å². The van der Waals surface area contributed by atoms with E-state index in [0.29, 0.717) is 19.3 Å². The van der Waals surface area contributed by atoms with Gasteiger partial charge in [-0.1, -0.05) is 6.42 Å². The molecule has 1 aliphatic heterocycles. The SMILES string of the molecule is N#CCC(=O)N1N=C2CCCC[C@H]2[C@@]1(O)C(F)(F)F. The number of hydrogen-bond donors (Lipinski definition) is 1. The standard InChI is InChI=1S/C11H12F3N3O2/c12-11(13,14)10(19)7-3-1-2-4-8(7)16-17(10)9(18)5-6-15/h7,19H,1-5H2/t7-,10-/m1/s1. The van der Waals surface area contributed by atoms with Crippen LogP contribution in [0, 0.1) is 17.2 Å². The number of aliphatic hydroxyl groups is 1. The lowest BCUT2D eigenvalue weighted by atomic mass is 9.80. The summed E-state index contributed by atoms with van der Waals surface area (Å²) in [5.41, 5.74) is -3.12. The van der Waals surface area contributed by atoms with Crippen molar-refractivity contribution in [1.82, 2.24) is 5.01 Å². The van der Waals surface area contributed by atoms with Crippen LogP contribution in [-0.2, 0) is 4.79 Å². The van der Waals surface area contributed by atoms with Gasteiger partial charge in [-0.2, -0.15) is 28.5 Å². The molecule has 1 aliphatic carbocycles. The molecule has 19 heavy (non-hydrogen) atoms. The van der Waals surface area contributed by atoms with E-state index in [9.17, 15) is 23.1 Å². The Kier molecular flexibility index (Phi) is 3.26. The van der Waals surface area contributed by atoms with Gasteiger partial charge < -0.3 is 5.11 Å². The van der Waals surface area contributed by atoms with Crippen LogP contribution < -0.4 is 0 Å². The summed E-state index contributed by atoms with van der Waals surface area (Å²) in [6.07, 6.45) is -4.07. The van der Waals surface area contributed by atoms with E-state index in [1.54, 1.807) is 0 Å². The lowest BCUT2D eigenvalue weighted by molar-refractivity contribution is -0.317. The second-order valence-corrected chi connectivity index (χ2v) is 4.65. The molecule has 1 amide bonds. The number of amides is 1. The van der Waals surface area contributed by atoms with Crippen LogP contribution in [0.15, 0.2) is 5.10 Å². The van der Waals surface area contributed by atoms with Gasteiger partial charge in [0.25, 0.3) is 11.6 Å². The molecule has 0 aromatic carbocycles. The second kappa shape index (κ2) is 4.49. The Bertz CT molecular complexity index is 469. The molecule has 0 radical (unpaired) electrons. The van der Waals surface area contributed by atoms with Gasteiger partial charge in [0.2, 0.25) is 0 Å². The molecule has 1 N–H and O–H groups in total. The van der Waals surface area contributed by atoms with Gasteiger partial charge >= 0.3 is 6.18 Å². The number of nitriles is 1. The van der Waals surface area contributed by atoms with E-state index in [2.05, 4.69) is 5.10 Å². The van der Waals surface area contributed by atoms with Gasteiger partial charge in [0, 0.05) is 5.71 Å². The Labute approximate surface area is 107 Å². The zero-order valence-corrected chi connectivity index (χ0v) is 9.94. The monoisotopic (exact) mass is 275 g/mol. The average molecular weight is 275 g/mol. The molecule has 0 unspecified atom stereocenters. The van der Waals surface area contributed by atoms with Crippen LogP contribution in [0.1, 0.15) is 32.1 Å². The van der Waals surface area contributed by atoms with Crippen LogP contribution in [0.25, 0.3) is 0 Å². The molecule has 0 bridgehead atoms. The fraction of sp³-hybridized carbons (Fsp3) is 0.727. The maximum Gasteiger partial charge on any atom is 0.439 e. The van der Waals surface area contributed by atoms with Crippen molar-refractivity contribution < 1.29 is 23.1 Å². The maximum atomic E-state index is 13.2. The molecular formula is C11H12F3N3O2. The van der Waals surface area contributed by atoms with Crippen molar-refractivity contribution in [3.05, 3.63) is 0 Å². The summed E-state index contributed by atoms with van der Waals surface area (Å²) in [6, 6.07) is 1.48. The molecule has 1 saturated carbocycles. The lowest BCUT2D eigenvalue weighted by Crippen LogP contribution is -2.61. The number of rotatable bonds is 1. The molecule has 8 heteroatoms. The summed E-state index contributed by atoms with van der Waals surface area (Å²) >= 11 is 0. The third-order valence-electron chi connectivity index (χ3n) is 3.50. The summed E-state index contributed by atoms with van der Waals surface area (Å²) < 4.78 is 39.5. The summed E-state index contributed by atoms with van der Waals surface area (Å²) in [5, 5.41) is 22.1. The Morgan fingerprint density at radius 1 is 1.58 bits per heavy atom. The van der Waals surface area contributed by atoms with E-state index < -0.39 is 30.1 Å². The number of hydrogen-bond acceptors (Lipinski definition) is 4. The van der Waals surface area contributed by atoms with E-state index in [1.165, 1.54) is 6.07 Å². The molecule has 2 rings (SSSR count). The van der Waals surface area contributed by atoms with Crippen molar-refractivity contribution in [1.29, 1.82) is 5.26 Å².